The number of aromatic hydroxyl groups is 1. The van der Waals surface area contributed by atoms with Gasteiger partial charge in [-0.2, -0.15) is 8.42 Å². The van der Waals surface area contributed by atoms with Crippen LogP contribution in [0.4, 0.5) is 0 Å². The fraction of sp³-hybridized carbons (Fsp3) is 0.0417. The highest BCUT2D eigenvalue weighted by Crippen LogP contribution is 2.39. The third-order valence-corrected chi connectivity index (χ3v) is 6.61. The molecule has 0 aliphatic heterocycles. The van der Waals surface area contributed by atoms with Crippen LogP contribution in [0.5, 0.6) is 11.5 Å². The molecule has 0 spiro atoms. The van der Waals surface area contributed by atoms with Crippen molar-refractivity contribution in [3.05, 3.63) is 71.8 Å². The van der Waals surface area contributed by atoms with Crippen molar-refractivity contribution in [3.63, 3.8) is 0 Å². The van der Waals surface area contributed by atoms with Crippen LogP contribution in [0.2, 0.25) is 5.02 Å². The van der Waals surface area contributed by atoms with Crippen LogP contribution in [0, 0.1) is 0 Å². The van der Waals surface area contributed by atoms with Crippen LogP contribution in [0.15, 0.2) is 71.6 Å². The normalized spacial score (nSPS) is 11.5. The molecule has 5 aromatic rings. The number of rotatable bonds is 4. The largest absolute Gasteiger partial charge is 0.507 e. The molecule has 1 aromatic heterocycles. The zero-order chi connectivity index (χ0) is 23.3. The number of aromatic nitrogens is 2. The number of nitrogens with zero attached hydrogens (tertiary/aromatic N) is 1. The molecule has 0 bridgehead atoms. The van der Waals surface area contributed by atoms with Crippen LogP contribution < -0.4 is 4.74 Å². The highest BCUT2D eigenvalue weighted by Gasteiger charge is 2.21. The van der Waals surface area contributed by atoms with Gasteiger partial charge in [0.15, 0.2) is 0 Å². The average Bonchev–Trinajstić information content (AvgIpc) is 3.22. The second kappa shape index (κ2) is 8.81. The lowest BCUT2D eigenvalue weighted by atomic mass is 10.0. The standard InChI is InChI=1S/C24H17ClN2O5S.ClH/c1-32-20-11-14(13-5-8-15(25)9-6-13)7-10-16(20)24-26-18-12-21(33(29,30)31)17-3-2-4-19(28)22(17)23(18)27-24;/h2-12,28H,1H3,(H,26,27)(H,29,30,31);1H. The van der Waals surface area contributed by atoms with E-state index < -0.39 is 10.1 Å². The maximum absolute atomic E-state index is 12.0. The van der Waals surface area contributed by atoms with Gasteiger partial charge in [0.2, 0.25) is 0 Å². The van der Waals surface area contributed by atoms with Crippen molar-refractivity contribution in [2.75, 3.05) is 7.11 Å². The van der Waals surface area contributed by atoms with E-state index in [1.807, 2.05) is 30.3 Å². The van der Waals surface area contributed by atoms with E-state index in [9.17, 15) is 18.1 Å². The number of aromatic amines is 1. The Hall–Kier alpha value is -3.30. The van der Waals surface area contributed by atoms with Crippen molar-refractivity contribution >= 4 is 55.9 Å². The summed E-state index contributed by atoms with van der Waals surface area (Å²) in [6, 6.07) is 18.8. The van der Waals surface area contributed by atoms with E-state index >= 15 is 0 Å². The van der Waals surface area contributed by atoms with Gasteiger partial charge in [0.25, 0.3) is 10.1 Å². The van der Waals surface area contributed by atoms with Gasteiger partial charge < -0.3 is 14.8 Å². The summed E-state index contributed by atoms with van der Waals surface area (Å²) < 4.78 is 39.3. The van der Waals surface area contributed by atoms with Gasteiger partial charge in [-0.15, -0.1) is 12.4 Å². The van der Waals surface area contributed by atoms with Crippen LogP contribution in [0.1, 0.15) is 0 Å². The second-order valence-corrected chi connectivity index (χ2v) is 9.28. The van der Waals surface area contributed by atoms with Gasteiger partial charge in [0.1, 0.15) is 27.7 Å². The summed E-state index contributed by atoms with van der Waals surface area (Å²) in [6.45, 7) is 0. The van der Waals surface area contributed by atoms with Crippen molar-refractivity contribution in [1.82, 2.24) is 9.97 Å². The van der Waals surface area contributed by atoms with Crippen LogP contribution >= 0.6 is 24.0 Å². The summed E-state index contributed by atoms with van der Waals surface area (Å²) in [5.74, 6) is 0.817. The first-order chi connectivity index (χ1) is 15.8. The molecule has 0 aliphatic rings. The Labute approximate surface area is 206 Å². The van der Waals surface area contributed by atoms with Crippen molar-refractivity contribution in [2.45, 2.75) is 4.90 Å². The van der Waals surface area contributed by atoms with Gasteiger partial charge in [-0.25, -0.2) is 4.98 Å². The van der Waals surface area contributed by atoms with Gasteiger partial charge in [0, 0.05) is 10.4 Å². The first-order valence-corrected chi connectivity index (χ1v) is 11.6. The zero-order valence-electron chi connectivity index (χ0n) is 17.6. The quantitative estimate of drug-likeness (QED) is 0.249. The zero-order valence-corrected chi connectivity index (χ0v) is 20.0. The molecule has 3 N–H and O–H groups in total. The van der Waals surface area contributed by atoms with Gasteiger partial charge in [-0.05, 0) is 47.5 Å². The predicted octanol–water partition coefficient (Wildman–Crippen LogP) is 6.09. The summed E-state index contributed by atoms with van der Waals surface area (Å²) in [5, 5.41) is 11.5. The Balaban J connectivity index is 0.00000274. The summed E-state index contributed by atoms with van der Waals surface area (Å²) in [6.07, 6.45) is 0. The molecule has 174 valence electrons. The van der Waals surface area contributed by atoms with Crippen LogP contribution in [0.25, 0.3) is 44.3 Å². The van der Waals surface area contributed by atoms with Crippen LogP contribution in [-0.2, 0) is 10.1 Å². The maximum Gasteiger partial charge on any atom is 0.295 e. The maximum atomic E-state index is 12.0. The van der Waals surface area contributed by atoms with Gasteiger partial charge in [-0.1, -0.05) is 41.9 Å². The number of fused-ring (bicyclic) bond motifs is 3. The molecule has 4 aromatic carbocycles. The monoisotopic (exact) mass is 516 g/mol. The number of methoxy groups -OCH3 is 1. The Morgan fingerprint density at radius 2 is 1.71 bits per heavy atom. The van der Waals surface area contributed by atoms with Crippen molar-refractivity contribution < 1.29 is 22.8 Å². The Bertz CT molecular complexity index is 1650. The lowest BCUT2D eigenvalue weighted by Gasteiger charge is -2.09. The van der Waals surface area contributed by atoms with E-state index in [0.717, 1.165) is 11.1 Å². The van der Waals surface area contributed by atoms with E-state index in [0.29, 0.717) is 33.2 Å². The number of imidazole rings is 1. The number of phenols is 1. The smallest absolute Gasteiger partial charge is 0.295 e. The molecule has 0 saturated carbocycles. The molecular weight excluding hydrogens is 499 g/mol. The molecule has 5 rings (SSSR count). The number of halogens is 2. The number of ether oxygens (including phenoxy) is 1. The van der Waals surface area contributed by atoms with Crippen LogP contribution in [-0.4, -0.2) is 35.2 Å². The number of hydrogen-bond donors (Lipinski definition) is 3. The Morgan fingerprint density at radius 3 is 2.38 bits per heavy atom. The summed E-state index contributed by atoms with van der Waals surface area (Å²) in [5.41, 5.74) is 3.23. The van der Waals surface area contributed by atoms with Crippen LogP contribution in [0.3, 0.4) is 0 Å². The molecule has 0 fully saturated rings. The van der Waals surface area contributed by atoms with E-state index in [2.05, 4.69) is 9.97 Å². The fourth-order valence-corrected chi connectivity index (χ4v) is 4.78. The number of benzene rings is 4. The minimum Gasteiger partial charge on any atom is -0.507 e. The highest BCUT2D eigenvalue weighted by molar-refractivity contribution is 7.86. The molecule has 34 heavy (non-hydrogen) atoms. The highest BCUT2D eigenvalue weighted by atomic mass is 35.5. The molecule has 0 unspecified atom stereocenters. The fourth-order valence-electron chi connectivity index (χ4n) is 3.93. The average molecular weight is 517 g/mol. The molecule has 0 saturated heterocycles. The van der Waals surface area contributed by atoms with E-state index in [1.54, 1.807) is 19.2 Å². The van der Waals surface area contributed by atoms with Gasteiger partial charge >= 0.3 is 0 Å². The minimum atomic E-state index is -4.54. The molecular formula is C24H18Cl2N2O5S. The van der Waals surface area contributed by atoms with E-state index in [4.69, 9.17) is 16.3 Å². The number of hydrogen-bond acceptors (Lipinski definition) is 5. The lowest BCUT2D eigenvalue weighted by Crippen LogP contribution is -1.99. The summed E-state index contributed by atoms with van der Waals surface area (Å²) >= 11 is 5.99. The molecule has 0 radical (unpaired) electrons. The Kier molecular flexibility index (Phi) is 6.18. The first-order valence-electron chi connectivity index (χ1n) is 9.82. The lowest BCUT2D eigenvalue weighted by molar-refractivity contribution is 0.416. The number of phenolic OH excluding ortho intramolecular Hbond substituents is 1. The number of nitrogens with one attached hydrogen (secondary N) is 1. The molecule has 7 nitrogen and oxygen atoms in total. The molecule has 0 aliphatic carbocycles. The summed E-state index contributed by atoms with van der Waals surface area (Å²) in [4.78, 5) is 7.40. The van der Waals surface area contributed by atoms with Gasteiger partial charge in [-0.3, -0.25) is 4.55 Å². The SMILES string of the molecule is COc1cc(-c2ccc(Cl)cc2)ccc1-c1nc2c(cc(S(=O)(=O)O)c3cccc(O)c32)[nH]1.Cl. The molecule has 1 heterocycles. The van der Waals surface area contributed by atoms with Crippen molar-refractivity contribution in [1.29, 1.82) is 0 Å². The van der Waals surface area contributed by atoms with Crippen molar-refractivity contribution in [2.24, 2.45) is 0 Å². The summed E-state index contributed by atoms with van der Waals surface area (Å²) in [7, 11) is -2.99. The first kappa shape index (κ1) is 23.8. The van der Waals surface area contributed by atoms with Gasteiger partial charge in [0.05, 0.1) is 23.6 Å². The minimum absolute atomic E-state index is 0. The Morgan fingerprint density at radius 1 is 1.00 bits per heavy atom. The molecule has 0 atom stereocenters. The van der Waals surface area contributed by atoms with Crippen molar-refractivity contribution in [3.8, 4) is 34.0 Å². The third kappa shape index (κ3) is 4.05. The van der Waals surface area contributed by atoms with E-state index in [1.165, 1.54) is 24.3 Å². The predicted molar refractivity (Wildman–Crippen MR) is 135 cm³/mol. The number of H-pyrrole nitrogens is 1. The third-order valence-electron chi connectivity index (χ3n) is 5.46. The molecule has 10 heteroatoms. The molecule has 0 amide bonds. The second-order valence-electron chi connectivity index (χ2n) is 7.45. The van der Waals surface area contributed by atoms with E-state index in [-0.39, 0.29) is 33.8 Å². The topological polar surface area (TPSA) is 113 Å².